The lowest BCUT2D eigenvalue weighted by molar-refractivity contribution is 0.161. The minimum atomic E-state index is 0.325. The van der Waals surface area contributed by atoms with Gasteiger partial charge >= 0.3 is 0 Å². The molecule has 0 fully saturated rings. The lowest BCUT2D eigenvalue weighted by Crippen LogP contribution is -2.35. The van der Waals surface area contributed by atoms with E-state index in [1.165, 1.54) is 100 Å². The summed E-state index contributed by atoms with van der Waals surface area (Å²) in [6, 6.07) is 53.9. The zero-order valence-corrected chi connectivity index (χ0v) is 66.8. The topological polar surface area (TPSA) is 224 Å². The normalized spacial score (nSPS) is 16.8. The van der Waals surface area contributed by atoms with Gasteiger partial charge in [0.2, 0.25) is 0 Å². The molecule has 0 saturated heterocycles. The molecule has 8 aromatic heterocycles. The van der Waals surface area contributed by atoms with Crippen LogP contribution >= 0.6 is 0 Å². The summed E-state index contributed by atoms with van der Waals surface area (Å²) in [7, 11) is 6.49. The van der Waals surface area contributed by atoms with Gasteiger partial charge in [-0.1, -0.05) is 139 Å². The van der Waals surface area contributed by atoms with Crippen LogP contribution in [0.1, 0.15) is 206 Å². The van der Waals surface area contributed by atoms with Crippen LogP contribution in [0.15, 0.2) is 206 Å². The summed E-state index contributed by atoms with van der Waals surface area (Å²) < 4.78 is 7.56. The molecule has 0 saturated carbocycles. The third kappa shape index (κ3) is 20.5. The smallest absolute Gasteiger partial charge is 0.191 e. The maximum Gasteiger partial charge on any atom is 0.191 e. The fourth-order valence-electron chi connectivity index (χ4n) is 16.6. The van der Waals surface area contributed by atoms with E-state index in [2.05, 4.69) is 243 Å². The van der Waals surface area contributed by atoms with Crippen LogP contribution in [0.4, 0.5) is 0 Å². The molecule has 23 nitrogen and oxygen atoms in total. The molecule has 12 aromatic rings. The molecule has 17 rings (SSSR count). The van der Waals surface area contributed by atoms with E-state index in [-0.39, 0.29) is 0 Å². The van der Waals surface area contributed by atoms with E-state index in [9.17, 15) is 0 Å². The van der Waals surface area contributed by atoms with Crippen molar-refractivity contribution >= 4 is 5.96 Å². The van der Waals surface area contributed by atoms with E-state index in [1.807, 2.05) is 111 Å². The maximum atomic E-state index is 4.79. The van der Waals surface area contributed by atoms with Crippen LogP contribution in [0.2, 0.25) is 0 Å². The van der Waals surface area contributed by atoms with Gasteiger partial charge in [0.1, 0.15) is 0 Å². The number of fused-ring (bicyclic) bond motifs is 4. The van der Waals surface area contributed by atoms with Crippen molar-refractivity contribution in [2.45, 2.75) is 193 Å². The number of aliphatic imine (C=N–C) groups is 1. The van der Waals surface area contributed by atoms with Crippen molar-refractivity contribution in [3.05, 3.63) is 286 Å². The minimum absolute atomic E-state index is 0.325. The van der Waals surface area contributed by atoms with Crippen LogP contribution in [0.3, 0.4) is 0 Å². The van der Waals surface area contributed by atoms with Gasteiger partial charge in [-0.25, -0.2) is 18.7 Å². The highest BCUT2D eigenvalue weighted by Gasteiger charge is 2.31. The molecule has 9 heterocycles. The Hall–Kier alpha value is -10.9. The highest BCUT2D eigenvalue weighted by atomic mass is 15.5. The van der Waals surface area contributed by atoms with Crippen molar-refractivity contribution in [1.29, 1.82) is 0 Å². The Kier molecular flexibility index (Phi) is 27.6. The molecule has 4 atom stereocenters. The molecule has 23 heteroatoms. The fourth-order valence-corrected chi connectivity index (χ4v) is 16.6. The fraction of sp³-hybridized carbons (Fsp3) is 0.411. The van der Waals surface area contributed by atoms with Gasteiger partial charge in [-0.2, -0.15) is 0 Å². The van der Waals surface area contributed by atoms with Gasteiger partial charge in [-0.05, 0) is 243 Å². The van der Waals surface area contributed by atoms with Gasteiger partial charge in [0.15, 0.2) is 5.96 Å². The maximum absolute atomic E-state index is 4.79. The predicted octanol–water partition coefficient (Wildman–Crippen LogP) is 14.9. The average molecular weight is 1520 g/mol. The predicted molar refractivity (Wildman–Crippen MR) is 445 cm³/mol. The Morgan fingerprint density at radius 1 is 0.425 bits per heavy atom. The van der Waals surface area contributed by atoms with Crippen molar-refractivity contribution < 1.29 is 0 Å². The molecule has 113 heavy (non-hydrogen) atoms. The molecule has 2 N–H and O–H groups in total. The number of hydrogen-bond acceptors (Lipinski definition) is 19. The summed E-state index contributed by atoms with van der Waals surface area (Å²) in [5.41, 5.74) is 22.7. The summed E-state index contributed by atoms with van der Waals surface area (Å²) in [5.74, 6) is 0.940. The third-order valence-electron chi connectivity index (χ3n) is 22.6. The highest BCUT2D eigenvalue weighted by molar-refractivity contribution is 5.81. The van der Waals surface area contributed by atoms with Crippen molar-refractivity contribution in [3.8, 4) is 22.7 Å². The number of unbranched alkanes of at least 4 members (excludes halogenated alkanes) is 2. The van der Waals surface area contributed by atoms with Gasteiger partial charge in [0.05, 0.1) is 124 Å². The second-order valence-electron chi connectivity index (χ2n) is 30.5. The van der Waals surface area contributed by atoms with E-state index in [4.69, 9.17) is 4.98 Å². The van der Waals surface area contributed by atoms with Crippen LogP contribution in [-0.4, -0.2) is 153 Å². The largest absolute Gasteiger partial charge is 0.356 e. The summed E-state index contributed by atoms with van der Waals surface area (Å²) >= 11 is 0. The first kappa shape index (κ1) is 78.8. The first-order chi connectivity index (χ1) is 55.6. The van der Waals surface area contributed by atoms with Crippen LogP contribution in [0, 0.1) is 0 Å². The second kappa shape index (κ2) is 39.6. The number of guanidine groups is 1. The number of nitrogens with zero attached hydrogens (tertiary/aromatic N) is 21. The Morgan fingerprint density at radius 2 is 0.867 bits per heavy atom. The standard InChI is InChI=1S/C25H32N8.C23H29N5.2C21H25N5/c1-2-10-22(11-3-1)33-19-21(30-31-33)18-32(17-5-4-13-27-25-28-15-16-29-25)23-12-6-8-20-9-7-14-26-24(20)23;1-3-4-9-18-10-5-6-13-21(18)28-17-20(25-26-28)16-27(2)22-14-7-11-19-12-8-15-24-23(19)22;1-3-16-7-4-10-19(13-16)26-15-18(23-24-26)14-25(2)20-11-5-8-17-9-6-12-22-21(17)20;1-3-16-8-4-5-11-19(16)26-15-18(23-24-26)14-25(2)20-12-6-9-17-10-7-13-22-21(17)20/h1-3,7,9-11,14,19,23H,4-6,8,12-13,15-18H2,(H2,27,28,29);5-6,8,10,12-13,15,17,22H,3-4,7,9,11,14,16H2,1-2H3;4,6-7,9-10,12-13,15,20H,3,5,8,11,14H2,1-2H3;4-5,7-8,10-11,13,15,20H,3,6,9,12,14H2,1-2H3. The van der Waals surface area contributed by atoms with Gasteiger partial charge in [-0.15, -0.1) is 20.4 Å². The molecular weight excluding hydrogens is 1400 g/mol. The summed E-state index contributed by atoms with van der Waals surface area (Å²) in [5, 5.41) is 41.9. The summed E-state index contributed by atoms with van der Waals surface area (Å²) in [4.78, 5) is 32.8. The van der Waals surface area contributed by atoms with Gasteiger partial charge in [0.25, 0.3) is 0 Å². The molecule has 4 aliphatic carbocycles. The number of rotatable bonds is 26. The number of pyridine rings is 4. The lowest BCUT2D eigenvalue weighted by atomic mass is 9.90. The van der Waals surface area contributed by atoms with Crippen molar-refractivity contribution in [1.82, 2.24) is 110 Å². The van der Waals surface area contributed by atoms with Gasteiger partial charge < -0.3 is 10.6 Å². The van der Waals surface area contributed by atoms with Crippen molar-refractivity contribution in [2.75, 3.05) is 47.3 Å². The van der Waals surface area contributed by atoms with E-state index in [0.29, 0.717) is 24.2 Å². The Morgan fingerprint density at radius 3 is 1.36 bits per heavy atom. The third-order valence-corrected chi connectivity index (χ3v) is 22.6. The first-order valence-corrected chi connectivity index (χ1v) is 41.2. The monoisotopic (exact) mass is 1510 g/mol. The average Bonchev–Trinajstić information content (AvgIpc) is 1.71. The molecule has 4 aromatic carbocycles. The zero-order chi connectivity index (χ0) is 77.5. The number of para-hydroxylation sites is 3. The molecule has 586 valence electrons. The highest BCUT2D eigenvalue weighted by Crippen LogP contribution is 2.37. The quantitative estimate of drug-likeness (QED) is 0.0481. The van der Waals surface area contributed by atoms with Crippen molar-refractivity contribution in [2.24, 2.45) is 4.99 Å². The van der Waals surface area contributed by atoms with Crippen LogP contribution in [-0.2, 0) is 71.1 Å². The van der Waals surface area contributed by atoms with Crippen LogP contribution < -0.4 is 10.6 Å². The van der Waals surface area contributed by atoms with Gasteiger partial charge in [-0.3, -0.25) is 44.5 Å². The molecule has 0 amide bonds. The Balaban J connectivity index is 0.000000125. The molecule has 0 spiro atoms. The Bertz CT molecular complexity index is 4980. The lowest BCUT2D eigenvalue weighted by Gasteiger charge is -2.34. The molecule has 0 radical (unpaired) electrons. The summed E-state index contributed by atoms with van der Waals surface area (Å²) in [6.45, 7) is 13.4. The van der Waals surface area contributed by atoms with Gasteiger partial charge in [0, 0.05) is 64.1 Å². The van der Waals surface area contributed by atoms with E-state index in [1.54, 1.807) is 0 Å². The van der Waals surface area contributed by atoms with Crippen LogP contribution in [0.5, 0.6) is 0 Å². The SMILES string of the molecule is CCCCc1ccccc1-n1cc(CN(C)C2CCCc3cccnc32)nn1.CCc1cccc(-n2cc(CN(C)C3CCCc4cccnc43)nn2)c1.CCc1ccccc1-n1cc(CN(C)C2CCCc3cccnc32)nn1.c1ccc(-n2cc(CN(CCCCNC3=NCCN3)C3CCCc4cccnc43)nn2)cc1. The molecule has 0 bridgehead atoms. The second-order valence-corrected chi connectivity index (χ2v) is 30.5. The minimum Gasteiger partial charge on any atom is -0.356 e. The van der Waals surface area contributed by atoms with E-state index >= 15 is 0 Å². The Labute approximate surface area is 666 Å². The van der Waals surface area contributed by atoms with E-state index < -0.39 is 0 Å². The molecular formula is C90H111N23. The summed E-state index contributed by atoms with van der Waals surface area (Å²) in [6.07, 6.45) is 37.5. The number of hydrogen-bond donors (Lipinski definition) is 2. The molecule has 4 unspecified atom stereocenters. The number of nitrogens with one attached hydrogen (secondary N) is 2. The molecule has 1 aliphatic heterocycles. The first-order valence-electron chi connectivity index (χ1n) is 41.2. The van der Waals surface area contributed by atoms with Crippen molar-refractivity contribution in [3.63, 3.8) is 0 Å². The number of benzene rings is 4. The van der Waals surface area contributed by atoms with Crippen LogP contribution in [0.25, 0.3) is 22.7 Å². The zero-order valence-electron chi connectivity index (χ0n) is 66.8. The number of aryl methyl sites for hydroxylation is 7. The molecule has 5 aliphatic rings. The van der Waals surface area contributed by atoms with E-state index in [0.717, 1.165) is 187 Å². The number of aromatic nitrogens is 16.